The van der Waals surface area contributed by atoms with Crippen LogP contribution < -0.4 is 0 Å². The van der Waals surface area contributed by atoms with Crippen molar-refractivity contribution in [3.8, 4) is 5.75 Å². The fraction of sp³-hybridized carbons (Fsp3) is 0.219. The molecule has 2 aromatic heterocycles. The second-order valence-electron chi connectivity index (χ2n) is 10.4. The van der Waals surface area contributed by atoms with E-state index in [-0.39, 0.29) is 10.6 Å². The number of hydrogen-bond donors (Lipinski definition) is 1. The molecule has 0 saturated carbocycles. The largest absolute Gasteiger partial charge is 0.508 e. The van der Waals surface area contributed by atoms with Gasteiger partial charge in [0.15, 0.2) is 0 Å². The van der Waals surface area contributed by atoms with Gasteiger partial charge in [-0.05, 0) is 67.6 Å². The number of carbonyl (C=O) groups is 1. The summed E-state index contributed by atoms with van der Waals surface area (Å²) in [5.74, 6) is -1.16. The van der Waals surface area contributed by atoms with E-state index in [2.05, 4.69) is 0 Å². The van der Waals surface area contributed by atoms with Crippen LogP contribution in [0.25, 0.3) is 16.3 Å². The number of hydrogen-bond acceptors (Lipinski definition) is 5. The number of aryl methyl sites for hydroxylation is 1. The van der Waals surface area contributed by atoms with Crippen LogP contribution >= 0.6 is 11.6 Å². The van der Waals surface area contributed by atoms with Crippen LogP contribution in [-0.2, 0) is 14.8 Å². The molecule has 0 radical (unpaired) electrons. The van der Waals surface area contributed by atoms with Gasteiger partial charge in [0.05, 0.1) is 23.1 Å². The van der Waals surface area contributed by atoms with E-state index in [1.807, 2.05) is 47.9 Å². The monoisotopic (exact) mass is 588 g/mol. The number of aromatic hydroxyl groups is 1. The first-order chi connectivity index (χ1) is 19.7. The highest BCUT2D eigenvalue weighted by molar-refractivity contribution is 7.89. The zero-order valence-electron chi connectivity index (χ0n) is 22.6. The van der Waals surface area contributed by atoms with E-state index in [1.165, 1.54) is 17.5 Å². The number of sulfonamides is 1. The van der Waals surface area contributed by atoms with Crippen LogP contribution in [0, 0.1) is 6.92 Å². The number of benzene rings is 3. The third-order valence-corrected chi connectivity index (χ3v) is 10.2. The lowest BCUT2D eigenvalue weighted by molar-refractivity contribution is 0.0603. The number of carbonyl (C=O) groups excluding carboxylic acids is 1. The first-order valence-corrected chi connectivity index (χ1v) is 15.2. The number of aromatic nitrogens is 1. The Labute approximate surface area is 243 Å². The van der Waals surface area contributed by atoms with Gasteiger partial charge >= 0.3 is 5.97 Å². The fourth-order valence-electron chi connectivity index (χ4n) is 6.08. The Morgan fingerprint density at radius 1 is 1.05 bits per heavy atom. The molecule has 6 rings (SSSR count). The van der Waals surface area contributed by atoms with E-state index in [9.17, 15) is 18.3 Å². The van der Waals surface area contributed by atoms with Crippen molar-refractivity contribution >= 4 is 43.9 Å². The Balaban J connectivity index is 1.62. The lowest BCUT2D eigenvalue weighted by Gasteiger charge is -2.32. The number of nitrogens with zero attached hydrogens (tertiary/aromatic N) is 2. The Morgan fingerprint density at radius 2 is 1.80 bits per heavy atom. The Bertz CT molecular complexity index is 1900. The third-order valence-electron chi connectivity index (χ3n) is 7.99. The van der Waals surface area contributed by atoms with Gasteiger partial charge in [-0.1, -0.05) is 53.6 Å². The first kappa shape index (κ1) is 27.3. The van der Waals surface area contributed by atoms with Crippen LogP contribution in [0.15, 0.2) is 90.0 Å². The minimum absolute atomic E-state index is 0.00524. The van der Waals surface area contributed by atoms with E-state index < -0.39 is 28.0 Å². The van der Waals surface area contributed by atoms with Crippen molar-refractivity contribution in [2.45, 2.75) is 36.6 Å². The van der Waals surface area contributed by atoms with Crippen LogP contribution in [0.3, 0.4) is 0 Å². The summed E-state index contributed by atoms with van der Waals surface area (Å²) in [7, 11) is -2.54. The topological polar surface area (TPSA) is 88.3 Å². The average molecular weight is 589 g/mol. The normalized spacial score (nSPS) is 16.8. The van der Waals surface area contributed by atoms with Crippen molar-refractivity contribution in [1.82, 2.24) is 8.71 Å². The molecule has 0 spiro atoms. The van der Waals surface area contributed by atoms with E-state index >= 15 is 0 Å². The van der Waals surface area contributed by atoms with Crippen LogP contribution in [0.5, 0.6) is 5.75 Å². The van der Waals surface area contributed by atoms with Crippen molar-refractivity contribution in [3.05, 3.63) is 112 Å². The number of pyridine rings is 1. The average Bonchev–Trinajstić information content (AvgIpc) is 3.61. The molecule has 3 aromatic carbocycles. The molecular weight excluding hydrogens is 560 g/mol. The maximum atomic E-state index is 14.0. The molecule has 0 bridgehead atoms. The van der Waals surface area contributed by atoms with Gasteiger partial charge in [0.25, 0.3) is 0 Å². The minimum atomic E-state index is -3.87. The summed E-state index contributed by atoms with van der Waals surface area (Å²) in [6, 6.07) is 22.5. The molecule has 1 saturated heterocycles. The Kier molecular flexibility index (Phi) is 7.01. The number of methoxy groups -OCH3 is 1. The number of rotatable bonds is 6. The van der Waals surface area contributed by atoms with Crippen LogP contribution in [0.1, 0.15) is 45.9 Å². The molecule has 2 atom stereocenters. The smallest absolute Gasteiger partial charge is 0.340 e. The van der Waals surface area contributed by atoms with E-state index in [4.69, 9.17) is 16.3 Å². The van der Waals surface area contributed by atoms with E-state index in [0.717, 1.165) is 16.3 Å². The van der Waals surface area contributed by atoms with Gasteiger partial charge in [0.1, 0.15) is 5.75 Å². The van der Waals surface area contributed by atoms with Crippen molar-refractivity contribution in [1.29, 1.82) is 0 Å². The highest BCUT2D eigenvalue weighted by Gasteiger charge is 2.43. The number of halogens is 1. The molecule has 3 heterocycles. The van der Waals surface area contributed by atoms with Gasteiger partial charge in [-0.2, -0.15) is 4.31 Å². The quantitative estimate of drug-likeness (QED) is 0.228. The van der Waals surface area contributed by atoms with E-state index in [1.54, 1.807) is 42.5 Å². The zero-order chi connectivity index (χ0) is 28.9. The molecular formula is C32H29ClN2O5S. The molecule has 210 valence electrons. The SMILES string of the molecule is COC(=O)c1cc([C@H](c2cc(Cl)ccc2O)[C@H]2CCCN2S(=O)(=O)c2ccc(C)cc2)n2ccc3ccccc3c12. The summed E-state index contributed by atoms with van der Waals surface area (Å²) in [4.78, 5) is 13.3. The van der Waals surface area contributed by atoms with Crippen molar-refractivity contribution in [2.24, 2.45) is 0 Å². The predicted octanol–water partition coefficient (Wildman–Crippen LogP) is 6.53. The minimum Gasteiger partial charge on any atom is -0.508 e. The van der Waals surface area contributed by atoms with Gasteiger partial charge in [-0.25, -0.2) is 13.2 Å². The molecule has 0 unspecified atom stereocenters. The summed E-state index contributed by atoms with van der Waals surface area (Å²) < 4.78 is 36.7. The Morgan fingerprint density at radius 3 is 2.56 bits per heavy atom. The number of phenolic OH excluding ortho intramolecular Hbond substituents is 1. The molecule has 5 aromatic rings. The number of phenols is 1. The van der Waals surface area contributed by atoms with Gasteiger partial charge in [-0.15, -0.1) is 0 Å². The molecule has 0 amide bonds. The van der Waals surface area contributed by atoms with E-state index in [0.29, 0.717) is 46.7 Å². The van der Waals surface area contributed by atoms with Gasteiger partial charge in [0.2, 0.25) is 10.0 Å². The zero-order valence-corrected chi connectivity index (χ0v) is 24.2. The lowest BCUT2D eigenvalue weighted by Crippen LogP contribution is -2.40. The van der Waals surface area contributed by atoms with Gasteiger partial charge < -0.3 is 14.2 Å². The molecule has 9 heteroatoms. The predicted molar refractivity (Wildman–Crippen MR) is 159 cm³/mol. The molecule has 1 fully saturated rings. The van der Waals surface area contributed by atoms with Crippen molar-refractivity contribution in [3.63, 3.8) is 0 Å². The molecule has 1 N–H and O–H groups in total. The van der Waals surface area contributed by atoms with Gasteiger partial charge in [0, 0.05) is 46.4 Å². The summed E-state index contributed by atoms with van der Waals surface area (Å²) in [6.45, 7) is 2.24. The fourth-order valence-corrected chi connectivity index (χ4v) is 7.96. The van der Waals surface area contributed by atoms with Crippen LogP contribution in [0.2, 0.25) is 5.02 Å². The molecule has 41 heavy (non-hydrogen) atoms. The Hall–Kier alpha value is -3.85. The van der Waals surface area contributed by atoms with Crippen molar-refractivity contribution < 1.29 is 23.1 Å². The lowest BCUT2D eigenvalue weighted by atomic mass is 9.86. The van der Waals surface area contributed by atoms with Crippen LogP contribution in [-0.4, -0.2) is 47.9 Å². The van der Waals surface area contributed by atoms with Crippen molar-refractivity contribution in [2.75, 3.05) is 13.7 Å². The first-order valence-electron chi connectivity index (χ1n) is 13.4. The summed E-state index contributed by atoms with van der Waals surface area (Å²) in [5, 5.41) is 13.4. The second kappa shape index (κ2) is 10.5. The summed E-state index contributed by atoms with van der Waals surface area (Å²) in [6.07, 6.45) is 3.07. The molecule has 1 aliphatic heterocycles. The highest BCUT2D eigenvalue weighted by Crippen LogP contribution is 2.44. The molecule has 7 nitrogen and oxygen atoms in total. The maximum Gasteiger partial charge on any atom is 0.340 e. The number of fused-ring (bicyclic) bond motifs is 3. The third kappa shape index (κ3) is 4.66. The van der Waals surface area contributed by atoms with Gasteiger partial charge in [-0.3, -0.25) is 0 Å². The second-order valence-corrected chi connectivity index (χ2v) is 12.7. The molecule has 0 aliphatic carbocycles. The number of ether oxygens (including phenoxy) is 1. The molecule has 1 aliphatic rings. The van der Waals surface area contributed by atoms with Crippen LogP contribution in [0.4, 0.5) is 0 Å². The highest BCUT2D eigenvalue weighted by atomic mass is 35.5. The standard InChI is InChI=1S/C32H29ClN2O5S/c1-20-9-12-23(13-10-20)41(38,39)35-16-5-8-27(35)30(25-18-22(33)11-14-29(25)36)28-19-26(32(37)40-2)31-24-7-4-3-6-21(24)15-17-34(28)31/h3-4,6-7,9-15,17-19,27,30,36H,5,8,16H2,1-2H3/t27-,30-/m1/s1. The summed E-state index contributed by atoms with van der Waals surface area (Å²) >= 11 is 6.44. The number of esters is 1. The summed E-state index contributed by atoms with van der Waals surface area (Å²) in [5.41, 5.74) is 3.11. The maximum absolute atomic E-state index is 14.0.